The van der Waals surface area contributed by atoms with Crippen LogP contribution >= 0.6 is 0 Å². The van der Waals surface area contributed by atoms with Gasteiger partial charge in [-0.3, -0.25) is 9.59 Å². The number of rotatable bonds is 8. The zero-order valence-electron chi connectivity index (χ0n) is 18.3. The van der Waals surface area contributed by atoms with Gasteiger partial charge < -0.3 is 19.5 Å². The fourth-order valence-corrected chi connectivity index (χ4v) is 4.73. The van der Waals surface area contributed by atoms with E-state index in [9.17, 15) is 14.7 Å². The number of phenolic OH excluding ortho intramolecular Hbond substituents is 1. The molecule has 6 heteroatoms. The Morgan fingerprint density at radius 2 is 1.72 bits per heavy atom. The summed E-state index contributed by atoms with van der Waals surface area (Å²) in [6.07, 6.45) is 4.75. The maximum atomic E-state index is 13.2. The van der Waals surface area contributed by atoms with Crippen LogP contribution in [0.1, 0.15) is 49.1 Å². The number of ether oxygens (including phenoxy) is 2. The van der Waals surface area contributed by atoms with Crippen molar-refractivity contribution in [1.29, 1.82) is 0 Å². The van der Waals surface area contributed by atoms with Crippen molar-refractivity contribution in [2.75, 3.05) is 19.7 Å². The first kappa shape index (κ1) is 22.3. The fourth-order valence-electron chi connectivity index (χ4n) is 4.73. The van der Waals surface area contributed by atoms with Gasteiger partial charge >= 0.3 is 5.97 Å². The molecule has 1 amide bonds. The minimum Gasteiger partial charge on any atom is -0.508 e. The summed E-state index contributed by atoms with van der Waals surface area (Å²) in [6.45, 7) is 1.52. The third-order valence-electron chi connectivity index (χ3n) is 6.48. The topological polar surface area (TPSA) is 76.1 Å². The summed E-state index contributed by atoms with van der Waals surface area (Å²) < 4.78 is 11.5. The molecule has 1 saturated carbocycles. The average molecular weight is 438 g/mol. The molecule has 0 aromatic heterocycles. The molecule has 1 aliphatic heterocycles. The van der Waals surface area contributed by atoms with Crippen LogP contribution < -0.4 is 0 Å². The predicted octanol–water partition coefficient (Wildman–Crippen LogP) is 4.03. The summed E-state index contributed by atoms with van der Waals surface area (Å²) in [5.74, 6) is -0.583. The van der Waals surface area contributed by atoms with Gasteiger partial charge in [-0.1, -0.05) is 42.5 Å². The lowest BCUT2D eigenvalue weighted by molar-refractivity contribution is -0.152. The van der Waals surface area contributed by atoms with Gasteiger partial charge in [-0.2, -0.15) is 0 Å². The molecule has 6 nitrogen and oxygen atoms in total. The van der Waals surface area contributed by atoms with E-state index in [0.717, 1.165) is 43.2 Å². The Kier molecular flexibility index (Phi) is 7.43. The van der Waals surface area contributed by atoms with Gasteiger partial charge in [0.25, 0.3) is 0 Å². The Balaban J connectivity index is 1.37. The van der Waals surface area contributed by atoms with Crippen LogP contribution in [-0.2, 0) is 25.7 Å². The van der Waals surface area contributed by atoms with Gasteiger partial charge in [0.15, 0.2) is 0 Å². The number of carbonyl (C=O) groups excluding carboxylic acids is 2. The van der Waals surface area contributed by atoms with Gasteiger partial charge in [0.1, 0.15) is 18.5 Å². The van der Waals surface area contributed by atoms with E-state index in [0.29, 0.717) is 19.7 Å². The van der Waals surface area contributed by atoms with Crippen LogP contribution in [-0.4, -0.2) is 47.7 Å². The van der Waals surface area contributed by atoms with Crippen molar-refractivity contribution in [1.82, 2.24) is 4.90 Å². The van der Waals surface area contributed by atoms with Crippen LogP contribution in [0.5, 0.6) is 5.75 Å². The molecule has 0 spiro atoms. The predicted molar refractivity (Wildman–Crippen MR) is 120 cm³/mol. The van der Waals surface area contributed by atoms with Crippen molar-refractivity contribution in [3.05, 3.63) is 65.7 Å². The van der Waals surface area contributed by atoms with Gasteiger partial charge in [0.2, 0.25) is 5.91 Å². The highest BCUT2D eigenvalue weighted by Gasteiger charge is 2.38. The van der Waals surface area contributed by atoms with Crippen LogP contribution in [0, 0.1) is 5.92 Å². The lowest BCUT2D eigenvalue weighted by Crippen LogP contribution is -2.34. The maximum absolute atomic E-state index is 13.2. The largest absolute Gasteiger partial charge is 0.508 e. The molecule has 2 aliphatic rings. The zero-order valence-corrected chi connectivity index (χ0v) is 18.3. The molecule has 2 fully saturated rings. The molecule has 4 rings (SSSR count). The number of hydrogen-bond donors (Lipinski definition) is 1. The van der Waals surface area contributed by atoms with Crippen LogP contribution in [0.3, 0.4) is 0 Å². The van der Waals surface area contributed by atoms with Crippen molar-refractivity contribution < 1.29 is 24.2 Å². The molecule has 1 N–H and O–H groups in total. The lowest BCUT2D eigenvalue weighted by atomic mass is 9.85. The third-order valence-corrected chi connectivity index (χ3v) is 6.48. The molecular weight excluding hydrogens is 406 g/mol. The van der Waals surface area contributed by atoms with Gasteiger partial charge in [0, 0.05) is 13.1 Å². The summed E-state index contributed by atoms with van der Waals surface area (Å²) in [7, 11) is 0. The smallest absolute Gasteiger partial charge is 0.314 e. The molecule has 1 saturated heterocycles. The van der Waals surface area contributed by atoms with E-state index >= 15 is 0 Å². The number of phenols is 1. The molecule has 1 unspecified atom stereocenters. The van der Waals surface area contributed by atoms with Gasteiger partial charge in [-0.25, -0.2) is 0 Å². The highest BCUT2D eigenvalue weighted by Crippen LogP contribution is 2.35. The van der Waals surface area contributed by atoms with E-state index in [1.165, 1.54) is 0 Å². The summed E-state index contributed by atoms with van der Waals surface area (Å²) in [6, 6.07) is 16.5. The number of esters is 1. The van der Waals surface area contributed by atoms with E-state index < -0.39 is 5.92 Å². The van der Waals surface area contributed by atoms with E-state index in [1.54, 1.807) is 29.2 Å². The Hall–Kier alpha value is -2.86. The van der Waals surface area contributed by atoms with Crippen molar-refractivity contribution in [2.45, 2.75) is 50.7 Å². The van der Waals surface area contributed by atoms with E-state index in [-0.39, 0.29) is 36.3 Å². The molecule has 170 valence electrons. The summed E-state index contributed by atoms with van der Waals surface area (Å²) in [5.41, 5.74) is 1.85. The zero-order chi connectivity index (χ0) is 22.3. The molecule has 0 bridgehead atoms. The highest BCUT2D eigenvalue weighted by molar-refractivity contribution is 5.80. The van der Waals surface area contributed by atoms with Crippen LogP contribution in [0.25, 0.3) is 0 Å². The highest BCUT2D eigenvalue weighted by atomic mass is 16.5. The monoisotopic (exact) mass is 437 g/mol. The normalized spacial score (nSPS) is 19.8. The standard InChI is InChI=1S/C26H31NO5/c28-22-12-10-20(11-13-22)25(26(30)32-23-8-4-5-9-23)21-14-15-27(16-21)24(29)18-31-17-19-6-2-1-3-7-19/h1-3,6-7,10-13,21,23,25,28H,4-5,8-9,14-18H2/t21-,25?/m1/s1. The van der Waals surface area contributed by atoms with Gasteiger partial charge in [0.05, 0.1) is 12.5 Å². The number of hydrogen-bond acceptors (Lipinski definition) is 5. The molecule has 1 heterocycles. The Morgan fingerprint density at radius 3 is 2.44 bits per heavy atom. The molecule has 1 aliphatic carbocycles. The molecule has 2 aromatic rings. The third kappa shape index (κ3) is 5.68. The van der Waals surface area contributed by atoms with Crippen LogP contribution in [0.15, 0.2) is 54.6 Å². The van der Waals surface area contributed by atoms with Crippen LogP contribution in [0.2, 0.25) is 0 Å². The van der Waals surface area contributed by atoms with Crippen molar-refractivity contribution in [3.8, 4) is 5.75 Å². The minimum absolute atomic E-state index is 0.00682. The number of aromatic hydroxyl groups is 1. The van der Waals surface area contributed by atoms with Crippen molar-refractivity contribution in [3.63, 3.8) is 0 Å². The number of benzene rings is 2. The SMILES string of the molecule is O=C(OC1CCCC1)C(c1ccc(O)cc1)[C@@H]1CCN(C(=O)COCc2ccccc2)C1. The maximum Gasteiger partial charge on any atom is 0.314 e. The van der Waals surface area contributed by atoms with Gasteiger partial charge in [-0.05, 0) is 61.3 Å². The molecule has 2 atom stereocenters. The first-order chi connectivity index (χ1) is 15.6. The lowest BCUT2D eigenvalue weighted by Gasteiger charge is -2.25. The fraction of sp³-hybridized carbons (Fsp3) is 0.462. The second-order valence-corrected chi connectivity index (χ2v) is 8.78. The molecule has 0 radical (unpaired) electrons. The van der Waals surface area contributed by atoms with E-state index in [1.807, 2.05) is 30.3 Å². The molecule has 2 aromatic carbocycles. The number of carbonyl (C=O) groups is 2. The Bertz CT molecular complexity index is 892. The molecule has 32 heavy (non-hydrogen) atoms. The number of likely N-dealkylation sites (tertiary alicyclic amines) is 1. The van der Waals surface area contributed by atoms with Crippen molar-refractivity contribution in [2.24, 2.45) is 5.92 Å². The summed E-state index contributed by atoms with van der Waals surface area (Å²) >= 11 is 0. The quantitative estimate of drug-likeness (QED) is 0.631. The first-order valence-corrected chi connectivity index (χ1v) is 11.5. The van der Waals surface area contributed by atoms with E-state index in [4.69, 9.17) is 9.47 Å². The minimum atomic E-state index is -0.445. The van der Waals surface area contributed by atoms with Crippen LogP contribution in [0.4, 0.5) is 0 Å². The summed E-state index contributed by atoms with van der Waals surface area (Å²) in [5, 5.41) is 9.67. The summed E-state index contributed by atoms with van der Waals surface area (Å²) in [4.78, 5) is 27.6. The second-order valence-electron chi connectivity index (χ2n) is 8.78. The Labute approximate surface area is 189 Å². The Morgan fingerprint density at radius 1 is 1.00 bits per heavy atom. The van der Waals surface area contributed by atoms with E-state index in [2.05, 4.69) is 0 Å². The van der Waals surface area contributed by atoms with Gasteiger partial charge in [-0.15, -0.1) is 0 Å². The van der Waals surface area contributed by atoms with Crippen molar-refractivity contribution >= 4 is 11.9 Å². The first-order valence-electron chi connectivity index (χ1n) is 11.5. The second kappa shape index (κ2) is 10.6. The molecular formula is C26H31NO5. The number of nitrogens with zero attached hydrogens (tertiary/aromatic N) is 1. The number of amides is 1. The average Bonchev–Trinajstić information content (AvgIpc) is 3.49.